The molecule has 0 saturated carbocycles. The van der Waals surface area contributed by atoms with Gasteiger partial charge in [-0.25, -0.2) is 0 Å². The Morgan fingerprint density at radius 2 is 1.95 bits per heavy atom. The molecular formula is C17H30N2O. The number of hydrogen-bond donors (Lipinski definition) is 1. The molecule has 1 aromatic rings. The van der Waals surface area contributed by atoms with Gasteiger partial charge >= 0.3 is 0 Å². The van der Waals surface area contributed by atoms with E-state index in [1.807, 2.05) is 0 Å². The Balaban J connectivity index is 2.67. The van der Waals surface area contributed by atoms with Gasteiger partial charge in [0, 0.05) is 39.0 Å². The molecule has 20 heavy (non-hydrogen) atoms. The van der Waals surface area contributed by atoms with Crippen molar-refractivity contribution < 1.29 is 4.74 Å². The molecular weight excluding hydrogens is 248 g/mol. The van der Waals surface area contributed by atoms with Crippen molar-refractivity contribution in [3.63, 3.8) is 0 Å². The van der Waals surface area contributed by atoms with E-state index >= 15 is 0 Å². The highest BCUT2D eigenvalue weighted by molar-refractivity contribution is 5.54. The fraction of sp³-hybridized carbons (Fsp3) is 0.647. The Labute approximate surface area is 124 Å². The predicted octanol–water partition coefficient (Wildman–Crippen LogP) is 3.36. The van der Waals surface area contributed by atoms with Crippen molar-refractivity contribution in [2.75, 3.05) is 32.2 Å². The number of anilines is 1. The van der Waals surface area contributed by atoms with Gasteiger partial charge in [-0.3, -0.25) is 0 Å². The highest BCUT2D eigenvalue weighted by Gasteiger charge is 2.13. The maximum Gasteiger partial charge on any atom is 0.0587 e. The molecule has 114 valence electrons. The molecule has 3 nitrogen and oxygen atoms in total. The molecule has 0 aliphatic heterocycles. The summed E-state index contributed by atoms with van der Waals surface area (Å²) in [6.07, 6.45) is 2.37. The average molecular weight is 278 g/mol. The van der Waals surface area contributed by atoms with Gasteiger partial charge in [-0.2, -0.15) is 0 Å². The van der Waals surface area contributed by atoms with Gasteiger partial charge in [-0.05, 0) is 37.0 Å². The molecule has 0 bridgehead atoms. The lowest BCUT2D eigenvalue weighted by molar-refractivity contribution is 0.199. The van der Waals surface area contributed by atoms with Gasteiger partial charge in [0.2, 0.25) is 0 Å². The monoisotopic (exact) mass is 278 g/mol. The standard InChI is InChI=1S/C17H30N2O/c1-6-16(7-2)19(4)17-9-8-15(12-14(17)3)13-18-10-11-20-5/h8-9,12,16,18H,6-7,10-11,13H2,1-5H3. The summed E-state index contributed by atoms with van der Waals surface area (Å²) in [5, 5.41) is 3.39. The number of ether oxygens (including phenoxy) is 1. The number of rotatable bonds is 9. The maximum absolute atomic E-state index is 5.04. The largest absolute Gasteiger partial charge is 0.383 e. The number of methoxy groups -OCH3 is 1. The molecule has 3 heteroatoms. The van der Waals surface area contributed by atoms with E-state index in [0.717, 1.165) is 19.7 Å². The van der Waals surface area contributed by atoms with Gasteiger partial charge in [-0.15, -0.1) is 0 Å². The highest BCUT2D eigenvalue weighted by Crippen LogP contribution is 2.24. The fourth-order valence-corrected chi connectivity index (χ4v) is 2.66. The fourth-order valence-electron chi connectivity index (χ4n) is 2.66. The van der Waals surface area contributed by atoms with Crippen molar-refractivity contribution in [3.05, 3.63) is 29.3 Å². The third-order valence-electron chi connectivity index (χ3n) is 3.94. The first kappa shape index (κ1) is 17.0. The molecule has 0 spiro atoms. The quantitative estimate of drug-likeness (QED) is 0.701. The molecule has 1 rings (SSSR count). The average Bonchev–Trinajstić information content (AvgIpc) is 2.45. The molecule has 0 aromatic heterocycles. The highest BCUT2D eigenvalue weighted by atomic mass is 16.5. The summed E-state index contributed by atoms with van der Waals surface area (Å²) >= 11 is 0. The van der Waals surface area contributed by atoms with E-state index in [1.54, 1.807) is 7.11 Å². The van der Waals surface area contributed by atoms with Gasteiger partial charge in [0.15, 0.2) is 0 Å². The van der Waals surface area contributed by atoms with Crippen LogP contribution in [0.2, 0.25) is 0 Å². The molecule has 0 aliphatic rings. The number of hydrogen-bond acceptors (Lipinski definition) is 3. The summed E-state index contributed by atoms with van der Waals surface area (Å²) in [5.74, 6) is 0. The van der Waals surface area contributed by atoms with Crippen LogP contribution in [0.25, 0.3) is 0 Å². The van der Waals surface area contributed by atoms with E-state index in [0.29, 0.717) is 6.04 Å². The summed E-state index contributed by atoms with van der Waals surface area (Å²) < 4.78 is 5.04. The molecule has 0 aliphatic carbocycles. The van der Waals surface area contributed by atoms with Crippen molar-refractivity contribution in [2.45, 2.75) is 46.2 Å². The summed E-state index contributed by atoms with van der Waals surface area (Å²) in [6.45, 7) is 9.27. The topological polar surface area (TPSA) is 24.5 Å². The molecule has 0 unspecified atom stereocenters. The SMILES string of the molecule is CCC(CC)N(C)c1ccc(CNCCOC)cc1C. The van der Waals surface area contributed by atoms with E-state index in [-0.39, 0.29) is 0 Å². The van der Waals surface area contributed by atoms with Crippen LogP contribution in [-0.2, 0) is 11.3 Å². The second-order valence-electron chi connectivity index (χ2n) is 5.37. The van der Waals surface area contributed by atoms with Crippen LogP contribution in [0.15, 0.2) is 18.2 Å². The molecule has 1 aromatic carbocycles. The van der Waals surface area contributed by atoms with Crippen LogP contribution in [-0.4, -0.2) is 33.4 Å². The minimum atomic E-state index is 0.624. The Kier molecular flexibility index (Phi) is 7.63. The zero-order valence-electron chi connectivity index (χ0n) is 13.7. The first-order valence-corrected chi connectivity index (χ1v) is 7.66. The number of nitrogens with one attached hydrogen (secondary N) is 1. The normalized spacial score (nSPS) is 11.1. The van der Waals surface area contributed by atoms with E-state index in [2.05, 4.69) is 56.2 Å². The third kappa shape index (κ3) is 4.80. The third-order valence-corrected chi connectivity index (χ3v) is 3.94. The van der Waals surface area contributed by atoms with Crippen molar-refractivity contribution in [1.82, 2.24) is 5.32 Å². The van der Waals surface area contributed by atoms with Crippen LogP contribution >= 0.6 is 0 Å². The minimum Gasteiger partial charge on any atom is -0.383 e. The van der Waals surface area contributed by atoms with Gasteiger partial charge in [-0.1, -0.05) is 26.0 Å². The Hall–Kier alpha value is -1.06. The lowest BCUT2D eigenvalue weighted by Crippen LogP contribution is -2.30. The molecule has 0 amide bonds. The number of nitrogens with zero attached hydrogens (tertiary/aromatic N) is 1. The predicted molar refractivity (Wildman–Crippen MR) is 87.5 cm³/mol. The first-order chi connectivity index (χ1) is 9.63. The van der Waals surface area contributed by atoms with Crippen molar-refractivity contribution in [2.24, 2.45) is 0 Å². The van der Waals surface area contributed by atoms with E-state index in [4.69, 9.17) is 4.74 Å². The summed E-state index contributed by atoms with van der Waals surface area (Å²) in [7, 11) is 3.94. The number of benzene rings is 1. The van der Waals surface area contributed by atoms with E-state index < -0.39 is 0 Å². The maximum atomic E-state index is 5.04. The smallest absolute Gasteiger partial charge is 0.0587 e. The lowest BCUT2D eigenvalue weighted by Gasteiger charge is -2.30. The lowest BCUT2D eigenvalue weighted by atomic mass is 10.1. The first-order valence-electron chi connectivity index (χ1n) is 7.66. The van der Waals surface area contributed by atoms with Crippen LogP contribution in [0.5, 0.6) is 0 Å². The van der Waals surface area contributed by atoms with Gasteiger partial charge < -0.3 is 15.0 Å². The van der Waals surface area contributed by atoms with Crippen LogP contribution < -0.4 is 10.2 Å². The van der Waals surface area contributed by atoms with Crippen molar-refractivity contribution in [1.29, 1.82) is 0 Å². The van der Waals surface area contributed by atoms with Gasteiger partial charge in [0.05, 0.1) is 6.61 Å². The molecule has 0 fully saturated rings. The van der Waals surface area contributed by atoms with Crippen LogP contribution in [0, 0.1) is 6.92 Å². The van der Waals surface area contributed by atoms with Crippen LogP contribution in [0.1, 0.15) is 37.8 Å². The summed E-state index contributed by atoms with van der Waals surface area (Å²) in [4.78, 5) is 2.41. The summed E-state index contributed by atoms with van der Waals surface area (Å²) in [5.41, 5.74) is 4.03. The second kappa shape index (κ2) is 8.98. The van der Waals surface area contributed by atoms with Crippen LogP contribution in [0.4, 0.5) is 5.69 Å². The van der Waals surface area contributed by atoms with Crippen LogP contribution in [0.3, 0.4) is 0 Å². The molecule has 1 N–H and O–H groups in total. The van der Waals surface area contributed by atoms with E-state index in [9.17, 15) is 0 Å². The second-order valence-corrected chi connectivity index (χ2v) is 5.37. The van der Waals surface area contributed by atoms with E-state index in [1.165, 1.54) is 29.7 Å². The Morgan fingerprint density at radius 1 is 1.25 bits per heavy atom. The number of aryl methyl sites for hydroxylation is 1. The molecule has 0 radical (unpaired) electrons. The van der Waals surface area contributed by atoms with Gasteiger partial charge in [0.25, 0.3) is 0 Å². The molecule has 0 heterocycles. The van der Waals surface area contributed by atoms with Crippen molar-refractivity contribution in [3.8, 4) is 0 Å². The zero-order chi connectivity index (χ0) is 15.0. The molecule has 0 atom stereocenters. The van der Waals surface area contributed by atoms with Crippen molar-refractivity contribution >= 4 is 5.69 Å². The van der Waals surface area contributed by atoms with Gasteiger partial charge in [0.1, 0.15) is 0 Å². The summed E-state index contributed by atoms with van der Waals surface area (Å²) in [6, 6.07) is 7.38. The Bertz CT molecular complexity index is 389. The molecule has 0 saturated heterocycles. The zero-order valence-corrected chi connectivity index (χ0v) is 13.7. The minimum absolute atomic E-state index is 0.624. The Morgan fingerprint density at radius 3 is 2.50 bits per heavy atom.